The van der Waals surface area contributed by atoms with Gasteiger partial charge in [-0.2, -0.15) is 0 Å². The lowest BCUT2D eigenvalue weighted by atomic mass is 9.79. The van der Waals surface area contributed by atoms with Crippen LogP contribution in [0.5, 0.6) is 5.75 Å². The zero-order chi connectivity index (χ0) is 16.4. The number of aromatic hydroxyl groups is 1. The highest BCUT2D eigenvalue weighted by atomic mass is 16.5. The van der Waals surface area contributed by atoms with Crippen LogP contribution in [0, 0.1) is 5.92 Å². The molecule has 0 spiro atoms. The molecule has 0 heterocycles. The van der Waals surface area contributed by atoms with Gasteiger partial charge < -0.3 is 9.84 Å². The summed E-state index contributed by atoms with van der Waals surface area (Å²) in [5.74, 6) is 1.05. The third-order valence-corrected chi connectivity index (χ3v) is 4.35. The Kier molecular flexibility index (Phi) is 8.26. The predicted molar refractivity (Wildman–Crippen MR) is 94.4 cm³/mol. The summed E-state index contributed by atoms with van der Waals surface area (Å²) in [6.45, 7) is 10.5. The molecule has 0 radical (unpaired) electrons. The number of hydrogen-bond acceptors (Lipinski definition) is 2. The molecule has 0 amide bonds. The minimum Gasteiger partial charge on any atom is -0.508 e. The summed E-state index contributed by atoms with van der Waals surface area (Å²) in [6.07, 6.45) is 8.84. The Bertz CT molecular complexity index is 432. The largest absolute Gasteiger partial charge is 0.508 e. The highest BCUT2D eigenvalue weighted by Crippen LogP contribution is 2.31. The van der Waals surface area contributed by atoms with Gasteiger partial charge in [0.25, 0.3) is 0 Å². The monoisotopic (exact) mass is 304 g/mol. The topological polar surface area (TPSA) is 29.5 Å². The average Bonchev–Trinajstić information content (AvgIpc) is 2.47. The molecule has 1 atom stereocenters. The number of allylic oxidation sites excluding steroid dienone is 1. The Labute approximate surface area is 136 Å². The fourth-order valence-corrected chi connectivity index (χ4v) is 2.63. The minimum atomic E-state index is 0.163. The first-order valence-corrected chi connectivity index (χ1v) is 8.44. The second-order valence-corrected chi connectivity index (χ2v) is 6.86. The van der Waals surface area contributed by atoms with Crippen molar-refractivity contribution in [2.24, 2.45) is 5.92 Å². The van der Waals surface area contributed by atoms with Crippen molar-refractivity contribution in [3.8, 4) is 5.75 Å². The van der Waals surface area contributed by atoms with Crippen molar-refractivity contribution in [3.63, 3.8) is 0 Å². The van der Waals surface area contributed by atoms with Crippen molar-refractivity contribution in [2.45, 2.75) is 58.8 Å². The quantitative estimate of drug-likeness (QED) is 0.459. The maximum atomic E-state index is 9.39. The first-order valence-electron chi connectivity index (χ1n) is 8.44. The van der Waals surface area contributed by atoms with Gasteiger partial charge in [-0.3, -0.25) is 0 Å². The maximum Gasteiger partial charge on any atom is 0.115 e. The molecular weight excluding hydrogens is 272 g/mol. The van der Waals surface area contributed by atoms with Crippen molar-refractivity contribution in [1.29, 1.82) is 0 Å². The van der Waals surface area contributed by atoms with Crippen molar-refractivity contribution in [1.82, 2.24) is 0 Å². The minimum absolute atomic E-state index is 0.163. The van der Waals surface area contributed by atoms with E-state index in [1.807, 2.05) is 31.2 Å². The normalized spacial score (nSPS) is 13.6. The van der Waals surface area contributed by atoms with E-state index in [0.717, 1.165) is 19.6 Å². The molecule has 2 heteroatoms. The molecule has 22 heavy (non-hydrogen) atoms. The molecule has 0 saturated heterocycles. The van der Waals surface area contributed by atoms with E-state index in [2.05, 4.69) is 20.8 Å². The Hall–Kier alpha value is -1.28. The van der Waals surface area contributed by atoms with Crippen LogP contribution in [-0.4, -0.2) is 18.3 Å². The molecule has 124 valence electrons. The van der Waals surface area contributed by atoms with E-state index in [0.29, 0.717) is 11.7 Å². The molecule has 1 N–H and O–H groups in total. The average molecular weight is 304 g/mol. The molecule has 1 unspecified atom stereocenters. The maximum absolute atomic E-state index is 9.39. The van der Waals surface area contributed by atoms with E-state index >= 15 is 0 Å². The Morgan fingerprint density at radius 3 is 2.50 bits per heavy atom. The van der Waals surface area contributed by atoms with Gasteiger partial charge in [0, 0.05) is 6.61 Å². The molecule has 0 fully saturated rings. The summed E-state index contributed by atoms with van der Waals surface area (Å²) in [5.41, 5.74) is 1.46. The van der Waals surface area contributed by atoms with Crippen LogP contribution in [0.3, 0.4) is 0 Å². The van der Waals surface area contributed by atoms with Gasteiger partial charge in [-0.25, -0.2) is 0 Å². The summed E-state index contributed by atoms with van der Waals surface area (Å²) in [5, 5.41) is 9.39. The molecular formula is C20H32O2. The summed E-state index contributed by atoms with van der Waals surface area (Å²) >= 11 is 0. The van der Waals surface area contributed by atoms with Gasteiger partial charge in [-0.15, -0.1) is 0 Å². The lowest BCUT2D eigenvalue weighted by Gasteiger charge is -2.26. The molecule has 1 aromatic rings. The molecule has 0 aliphatic carbocycles. The Morgan fingerprint density at radius 2 is 1.86 bits per heavy atom. The van der Waals surface area contributed by atoms with E-state index < -0.39 is 0 Å². The van der Waals surface area contributed by atoms with Crippen LogP contribution < -0.4 is 0 Å². The molecule has 0 aliphatic rings. The van der Waals surface area contributed by atoms with Crippen LogP contribution in [0.25, 0.3) is 0 Å². The molecule has 0 aromatic heterocycles. The van der Waals surface area contributed by atoms with Crippen LogP contribution in [0.15, 0.2) is 36.4 Å². The standard InChI is InChI=1S/C20H32O2/c1-5-6-15-22-16-13-17(2)8-7-14-20(3,4)18-9-11-19(21)12-10-18/h5-6,9-12,17,21H,7-8,13-16H2,1-4H3/b6-5+. The van der Waals surface area contributed by atoms with Crippen LogP contribution >= 0.6 is 0 Å². The van der Waals surface area contributed by atoms with Gasteiger partial charge in [0.2, 0.25) is 0 Å². The zero-order valence-corrected chi connectivity index (χ0v) is 14.6. The van der Waals surface area contributed by atoms with Crippen molar-refractivity contribution < 1.29 is 9.84 Å². The first kappa shape index (κ1) is 18.8. The smallest absolute Gasteiger partial charge is 0.115 e. The first-order chi connectivity index (χ1) is 10.5. The summed E-state index contributed by atoms with van der Waals surface area (Å²) < 4.78 is 5.56. The van der Waals surface area contributed by atoms with Gasteiger partial charge in [0.1, 0.15) is 5.75 Å². The van der Waals surface area contributed by atoms with E-state index in [-0.39, 0.29) is 5.41 Å². The van der Waals surface area contributed by atoms with Gasteiger partial charge >= 0.3 is 0 Å². The summed E-state index contributed by atoms with van der Waals surface area (Å²) in [6, 6.07) is 7.63. The van der Waals surface area contributed by atoms with Crippen LogP contribution in [0.4, 0.5) is 0 Å². The second kappa shape index (κ2) is 9.68. The zero-order valence-electron chi connectivity index (χ0n) is 14.6. The van der Waals surface area contributed by atoms with Gasteiger partial charge in [0.15, 0.2) is 0 Å². The van der Waals surface area contributed by atoms with E-state index in [1.165, 1.54) is 24.8 Å². The molecule has 0 saturated carbocycles. The molecule has 0 bridgehead atoms. The van der Waals surface area contributed by atoms with Gasteiger partial charge in [-0.05, 0) is 48.8 Å². The van der Waals surface area contributed by atoms with Gasteiger partial charge in [0.05, 0.1) is 6.61 Å². The van der Waals surface area contributed by atoms with Gasteiger partial charge in [-0.1, -0.05) is 57.9 Å². The number of hydrogen-bond donors (Lipinski definition) is 1. The van der Waals surface area contributed by atoms with Crippen LogP contribution in [-0.2, 0) is 10.2 Å². The van der Waals surface area contributed by atoms with E-state index in [4.69, 9.17) is 4.74 Å². The second-order valence-electron chi connectivity index (χ2n) is 6.86. The number of benzene rings is 1. The number of phenolic OH excluding ortho intramolecular Hbond substituents is 1. The highest BCUT2D eigenvalue weighted by molar-refractivity contribution is 5.30. The highest BCUT2D eigenvalue weighted by Gasteiger charge is 2.20. The molecule has 1 aromatic carbocycles. The fraction of sp³-hybridized carbons (Fsp3) is 0.600. The number of phenols is 1. The summed E-state index contributed by atoms with van der Waals surface area (Å²) in [7, 11) is 0. The fourth-order valence-electron chi connectivity index (χ4n) is 2.63. The van der Waals surface area contributed by atoms with Crippen molar-refractivity contribution in [2.75, 3.05) is 13.2 Å². The summed E-state index contributed by atoms with van der Waals surface area (Å²) in [4.78, 5) is 0. The van der Waals surface area contributed by atoms with Crippen LogP contribution in [0.1, 0.15) is 58.9 Å². The SMILES string of the molecule is C/C=C/COCCC(C)CCCC(C)(C)c1ccc(O)cc1. The molecule has 0 aliphatic heterocycles. The number of rotatable bonds is 10. The van der Waals surface area contributed by atoms with Crippen LogP contribution in [0.2, 0.25) is 0 Å². The molecule has 1 rings (SSSR count). The number of ether oxygens (including phenoxy) is 1. The Balaban J connectivity index is 2.25. The predicted octanol–water partition coefficient (Wildman–Crippen LogP) is 5.46. The van der Waals surface area contributed by atoms with Crippen molar-refractivity contribution in [3.05, 3.63) is 42.0 Å². The third-order valence-electron chi connectivity index (χ3n) is 4.35. The van der Waals surface area contributed by atoms with Crippen molar-refractivity contribution >= 4 is 0 Å². The van der Waals surface area contributed by atoms with E-state index in [9.17, 15) is 5.11 Å². The molecule has 2 nitrogen and oxygen atoms in total. The third kappa shape index (κ3) is 7.13. The Morgan fingerprint density at radius 1 is 1.18 bits per heavy atom. The van der Waals surface area contributed by atoms with E-state index in [1.54, 1.807) is 12.1 Å². The lowest BCUT2D eigenvalue weighted by molar-refractivity contribution is 0.145. The lowest BCUT2D eigenvalue weighted by Crippen LogP contribution is -2.17.